The number of hydrogen-bond donors (Lipinski definition) is 3. The number of aliphatic hydroxyl groups excluding tert-OH is 1. The molecular formula is C21H23N3O6. The molecule has 3 rings (SSSR count). The minimum atomic E-state index is -1.60. The molecule has 2 aromatic heterocycles. The zero-order valence-corrected chi connectivity index (χ0v) is 16.9. The largest absolute Gasteiger partial charge is 0.489 e. The summed E-state index contributed by atoms with van der Waals surface area (Å²) < 4.78 is 16.7. The highest BCUT2D eigenvalue weighted by atomic mass is 16.5. The Morgan fingerprint density at radius 1 is 1.33 bits per heavy atom. The lowest BCUT2D eigenvalue weighted by Gasteiger charge is -2.24. The Morgan fingerprint density at radius 2 is 2.10 bits per heavy atom. The molecule has 9 nitrogen and oxygen atoms in total. The molecule has 0 aliphatic heterocycles. The van der Waals surface area contributed by atoms with Crippen LogP contribution in [0.4, 0.5) is 0 Å². The number of aromatic nitrogens is 1. The Balaban J connectivity index is 1.89. The lowest BCUT2D eigenvalue weighted by molar-refractivity contribution is -0.124. The van der Waals surface area contributed by atoms with Crippen LogP contribution in [-0.2, 0) is 11.4 Å². The number of methoxy groups -OCH3 is 1. The number of nitrogens with one attached hydrogen (secondary N) is 1. The van der Waals surface area contributed by atoms with Gasteiger partial charge >= 0.3 is 0 Å². The highest BCUT2D eigenvalue weighted by molar-refractivity contribution is 6.09. The van der Waals surface area contributed by atoms with Gasteiger partial charge in [-0.15, -0.1) is 0 Å². The zero-order chi connectivity index (χ0) is 21.9. The smallest absolute Gasteiger partial charge is 0.256 e. The third-order valence-electron chi connectivity index (χ3n) is 4.75. The van der Waals surface area contributed by atoms with Gasteiger partial charge in [-0.1, -0.05) is 0 Å². The van der Waals surface area contributed by atoms with Crippen LogP contribution in [0.5, 0.6) is 11.6 Å². The average molecular weight is 413 g/mol. The fraction of sp³-hybridized carbons (Fsp3) is 0.286. The molecule has 30 heavy (non-hydrogen) atoms. The third kappa shape index (κ3) is 4.06. The number of fused-ring (bicyclic) bond motifs is 1. The molecule has 0 aliphatic rings. The second-order valence-electron chi connectivity index (χ2n) is 6.96. The number of hydrogen-bond acceptors (Lipinski definition) is 7. The SMILES string of the molecule is COc1ncccc1COc1ccc2oc(C)c(C(=O)NC(C)(CO)C(N)=O)c2c1. The van der Waals surface area contributed by atoms with E-state index in [0.29, 0.717) is 28.4 Å². The van der Waals surface area contributed by atoms with Crippen LogP contribution in [0.3, 0.4) is 0 Å². The van der Waals surface area contributed by atoms with E-state index in [9.17, 15) is 14.7 Å². The van der Waals surface area contributed by atoms with Gasteiger partial charge in [-0.2, -0.15) is 0 Å². The molecule has 0 saturated heterocycles. The summed E-state index contributed by atoms with van der Waals surface area (Å²) in [6.07, 6.45) is 1.62. The van der Waals surface area contributed by atoms with Gasteiger partial charge in [0.1, 0.15) is 29.2 Å². The Labute approximate surface area is 172 Å². The van der Waals surface area contributed by atoms with Crippen molar-refractivity contribution >= 4 is 22.8 Å². The maximum Gasteiger partial charge on any atom is 0.256 e. The predicted molar refractivity (Wildman–Crippen MR) is 108 cm³/mol. The number of aliphatic hydroxyl groups is 1. The lowest BCUT2D eigenvalue weighted by atomic mass is 10.0. The average Bonchev–Trinajstić information content (AvgIpc) is 3.07. The maximum atomic E-state index is 12.8. The Hall–Kier alpha value is -3.59. The molecule has 0 fully saturated rings. The number of pyridine rings is 1. The Bertz CT molecular complexity index is 1090. The molecule has 1 atom stereocenters. The van der Waals surface area contributed by atoms with Crippen molar-refractivity contribution in [2.75, 3.05) is 13.7 Å². The molecule has 9 heteroatoms. The molecule has 0 spiro atoms. The number of ether oxygens (including phenoxy) is 2. The molecule has 0 bridgehead atoms. The first kappa shape index (κ1) is 21.1. The number of furan rings is 1. The standard InChI is InChI=1S/C21H23N3O6/c1-12-17(18(26)24-21(2,11-25)20(22)27)15-9-14(6-7-16(15)30-12)29-10-13-5-4-8-23-19(13)28-3/h4-9,25H,10-11H2,1-3H3,(H2,22,27)(H,24,26). The summed E-state index contributed by atoms with van der Waals surface area (Å²) in [5.41, 5.74) is 5.18. The van der Waals surface area contributed by atoms with E-state index in [1.54, 1.807) is 37.4 Å². The van der Waals surface area contributed by atoms with Gasteiger partial charge in [0.05, 0.1) is 24.8 Å². The highest BCUT2D eigenvalue weighted by Crippen LogP contribution is 2.30. The van der Waals surface area contributed by atoms with E-state index in [2.05, 4.69) is 10.3 Å². The number of primary amides is 1. The van der Waals surface area contributed by atoms with Crippen molar-refractivity contribution in [3.8, 4) is 11.6 Å². The van der Waals surface area contributed by atoms with Crippen LogP contribution in [0.15, 0.2) is 40.9 Å². The van der Waals surface area contributed by atoms with Gasteiger partial charge in [0.2, 0.25) is 11.8 Å². The number of aryl methyl sites for hydroxylation is 1. The zero-order valence-electron chi connectivity index (χ0n) is 16.9. The van der Waals surface area contributed by atoms with Crippen LogP contribution < -0.4 is 20.5 Å². The summed E-state index contributed by atoms with van der Waals surface area (Å²) in [7, 11) is 1.53. The van der Waals surface area contributed by atoms with E-state index in [0.717, 1.165) is 5.56 Å². The van der Waals surface area contributed by atoms with Crippen LogP contribution >= 0.6 is 0 Å². The molecule has 158 valence electrons. The number of benzene rings is 1. The molecule has 2 amide bonds. The summed E-state index contributed by atoms with van der Waals surface area (Å²) in [5, 5.41) is 12.5. The number of rotatable bonds is 8. The van der Waals surface area contributed by atoms with Gasteiger partial charge in [0.15, 0.2) is 0 Å². The monoisotopic (exact) mass is 413 g/mol. The lowest BCUT2D eigenvalue weighted by Crippen LogP contribution is -2.57. The van der Waals surface area contributed by atoms with Crippen LogP contribution in [0, 0.1) is 6.92 Å². The van der Waals surface area contributed by atoms with E-state index in [1.165, 1.54) is 14.0 Å². The van der Waals surface area contributed by atoms with Crippen molar-refractivity contribution in [3.05, 3.63) is 53.4 Å². The van der Waals surface area contributed by atoms with E-state index in [4.69, 9.17) is 19.6 Å². The Kier molecular flexibility index (Phi) is 5.93. The van der Waals surface area contributed by atoms with Crippen LogP contribution in [0.1, 0.15) is 28.6 Å². The molecular weight excluding hydrogens is 390 g/mol. The number of nitrogens with two attached hydrogens (primary N) is 1. The minimum Gasteiger partial charge on any atom is -0.489 e. The fourth-order valence-electron chi connectivity index (χ4n) is 2.94. The molecule has 4 N–H and O–H groups in total. The minimum absolute atomic E-state index is 0.213. The van der Waals surface area contributed by atoms with Crippen molar-refractivity contribution in [1.82, 2.24) is 10.3 Å². The number of carbonyl (C=O) groups excluding carboxylic acids is 2. The topological polar surface area (TPSA) is 137 Å². The summed E-state index contributed by atoms with van der Waals surface area (Å²) >= 11 is 0. The van der Waals surface area contributed by atoms with Crippen LogP contribution in [-0.4, -0.2) is 41.2 Å². The number of nitrogens with zero attached hydrogens (tertiary/aromatic N) is 1. The van der Waals surface area contributed by atoms with Crippen molar-refractivity contribution < 1.29 is 28.6 Å². The van der Waals surface area contributed by atoms with E-state index in [1.807, 2.05) is 6.07 Å². The van der Waals surface area contributed by atoms with Crippen molar-refractivity contribution in [1.29, 1.82) is 0 Å². The molecule has 1 unspecified atom stereocenters. The van der Waals surface area contributed by atoms with Gasteiger partial charge in [0, 0.05) is 11.6 Å². The summed E-state index contributed by atoms with van der Waals surface area (Å²) in [6.45, 7) is 2.56. The van der Waals surface area contributed by atoms with Crippen LogP contribution in [0.25, 0.3) is 11.0 Å². The van der Waals surface area contributed by atoms with Crippen molar-refractivity contribution in [3.63, 3.8) is 0 Å². The molecule has 1 aromatic carbocycles. The number of carbonyl (C=O) groups is 2. The summed E-state index contributed by atoms with van der Waals surface area (Å²) in [5.74, 6) is -0.111. The van der Waals surface area contributed by atoms with Gasteiger partial charge in [-0.25, -0.2) is 4.98 Å². The maximum absolute atomic E-state index is 12.8. The molecule has 0 saturated carbocycles. The fourth-order valence-corrected chi connectivity index (χ4v) is 2.94. The summed E-state index contributed by atoms with van der Waals surface area (Å²) in [6, 6.07) is 8.70. The molecule has 0 aliphatic carbocycles. The first-order chi connectivity index (χ1) is 14.3. The van der Waals surface area contributed by atoms with E-state index >= 15 is 0 Å². The van der Waals surface area contributed by atoms with Gasteiger partial charge in [0.25, 0.3) is 5.91 Å². The van der Waals surface area contributed by atoms with Gasteiger partial charge in [-0.3, -0.25) is 9.59 Å². The van der Waals surface area contributed by atoms with E-state index in [-0.39, 0.29) is 12.2 Å². The molecule has 2 heterocycles. The normalized spacial score (nSPS) is 12.9. The predicted octanol–water partition coefficient (Wildman–Crippen LogP) is 1.69. The summed E-state index contributed by atoms with van der Waals surface area (Å²) in [4.78, 5) is 28.6. The number of amides is 2. The van der Waals surface area contributed by atoms with Gasteiger partial charge in [-0.05, 0) is 44.2 Å². The van der Waals surface area contributed by atoms with E-state index < -0.39 is 24.0 Å². The first-order valence-electron chi connectivity index (χ1n) is 9.16. The molecule has 0 radical (unpaired) electrons. The van der Waals surface area contributed by atoms with Gasteiger partial charge < -0.3 is 30.0 Å². The Morgan fingerprint density at radius 3 is 2.77 bits per heavy atom. The van der Waals surface area contributed by atoms with Crippen molar-refractivity contribution in [2.45, 2.75) is 26.0 Å². The van der Waals surface area contributed by atoms with Crippen LogP contribution in [0.2, 0.25) is 0 Å². The third-order valence-corrected chi connectivity index (χ3v) is 4.75. The second kappa shape index (κ2) is 8.42. The van der Waals surface area contributed by atoms with Crippen molar-refractivity contribution in [2.24, 2.45) is 5.73 Å². The first-order valence-corrected chi connectivity index (χ1v) is 9.16. The quantitative estimate of drug-likeness (QED) is 0.511. The molecule has 3 aromatic rings. The highest BCUT2D eigenvalue weighted by Gasteiger charge is 2.34. The second-order valence-corrected chi connectivity index (χ2v) is 6.96.